The molecule has 0 bridgehead atoms. The molecule has 0 unspecified atom stereocenters. The van der Waals surface area contributed by atoms with Crippen LogP contribution in [0.15, 0.2) is 58.4 Å². The number of halogens is 4. The fourth-order valence-electron chi connectivity index (χ4n) is 1.77. The van der Waals surface area contributed by atoms with Gasteiger partial charge in [0.25, 0.3) is 5.91 Å². The van der Waals surface area contributed by atoms with E-state index in [0.29, 0.717) is 5.02 Å². The van der Waals surface area contributed by atoms with Gasteiger partial charge in [-0.1, -0.05) is 64.6 Å². The lowest BCUT2D eigenvalue weighted by molar-refractivity contribution is 0.100. The zero-order valence-electron chi connectivity index (χ0n) is 11.8. The minimum Gasteiger partial charge on any atom is -0.267 e. The maximum absolute atomic E-state index is 12.6. The first kappa shape index (κ1) is 19.2. The number of carbonyl (C=O) groups excluding carboxylic acids is 1. The van der Waals surface area contributed by atoms with Gasteiger partial charge in [-0.15, -0.1) is 0 Å². The van der Waals surface area contributed by atoms with Gasteiger partial charge in [-0.25, -0.2) is 8.42 Å². The Labute approximate surface area is 158 Å². The summed E-state index contributed by atoms with van der Waals surface area (Å²) >= 11 is 23.1. The van der Waals surface area contributed by atoms with Crippen LogP contribution in [0.5, 0.6) is 0 Å². The van der Waals surface area contributed by atoms with E-state index in [4.69, 9.17) is 46.4 Å². The second kappa shape index (κ2) is 7.85. The molecule has 2 rings (SSSR count). The van der Waals surface area contributed by atoms with Crippen molar-refractivity contribution in [3.8, 4) is 0 Å². The Morgan fingerprint density at radius 2 is 1.62 bits per heavy atom. The molecule has 0 atom stereocenters. The van der Waals surface area contributed by atoms with Crippen molar-refractivity contribution in [1.82, 2.24) is 0 Å². The number of rotatable bonds is 3. The first-order chi connectivity index (χ1) is 11.2. The maximum Gasteiger partial charge on any atom is 0.279 e. The van der Waals surface area contributed by atoms with Crippen LogP contribution in [0.1, 0.15) is 10.4 Å². The molecule has 0 radical (unpaired) electrons. The van der Waals surface area contributed by atoms with E-state index in [1.165, 1.54) is 42.5 Å². The number of nitrogens with zero attached hydrogens (tertiary/aromatic N) is 1. The molecule has 126 valence electrons. The van der Waals surface area contributed by atoms with Gasteiger partial charge in [0.1, 0.15) is 0 Å². The average Bonchev–Trinajstić information content (AvgIpc) is 2.52. The van der Waals surface area contributed by atoms with Crippen molar-refractivity contribution in [3.05, 3.63) is 64.1 Å². The summed E-state index contributed by atoms with van der Waals surface area (Å²) in [6.45, 7) is 0. The van der Waals surface area contributed by atoms with E-state index in [-0.39, 0.29) is 15.5 Å². The Balaban J connectivity index is 2.51. The monoisotopic (exact) mass is 423 g/mol. The first-order valence-electron chi connectivity index (χ1n) is 6.39. The Bertz CT molecular complexity index is 896. The maximum atomic E-state index is 12.6. The summed E-state index contributed by atoms with van der Waals surface area (Å²) in [6.07, 6.45) is 0. The van der Waals surface area contributed by atoms with Gasteiger partial charge in [-0.3, -0.25) is 4.79 Å². The van der Waals surface area contributed by atoms with E-state index in [1.807, 2.05) is 0 Å². The zero-order valence-corrected chi connectivity index (χ0v) is 15.6. The molecule has 0 heterocycles. The molecule has 0 spiro atoms. The van der Waals surface area contributed by atoms with Gasteiger partial charge >= 0.3 is 0 Å². The van der Waals surface area contributed by atoms with Crippen molar-refractivity contribution < 1.29 is 13.2 Å². The predicted octanol–water partition coefficient (Wildman–Crippen LogP) is 4.81. The van der Waals surface area contributed by atoms with Crippen LogP contribution in [0.2, 0.25) is 10.0 Å². The normalized spacial score (nSPS) is 12.5. The molecule has 4 nitrogen and oxygen atoms in total. The molecule has 2 aromatic carbocycles. The summed E-state index contributed by atoms with van der Waals surface area (Å²) in [7, 11) is -4.13. The SMILES string of the molecule is O=C(N=C(C(Cl)Cl)S(=O)(=O)c1ccccc1)c1ccc(Cl)cc1Cl. The summed E-state index contributed by atoms with van der Waals surface area (Å²) in [6, 6.07) is 11.5. The van der Waals surface area contributed by atoms with Crippen LogP contribution in [-0.4, -0.2) is 24.2 Å². The van der Waals surface area contributed by atoms with Gasteiger partial charge in [0.05, 0.1) is 15.5 Å². The molecule has 1 amide bonds. The van der Waals surface area contributed by atoms with Crippen LogP contribution in [0, 0.1) is 0 Å². The van der Waals surface area contributed by atoms with Crippen LogP contribution in [0.4, 0.5) is 0 Å². The standard InChI is InChI=1S/C15H9Cl4NO3S/c16-9-6-7-11(12(17)8-9)14(21)20-15(13(18)19)24(22,23)10-4-2-1-3-5-10/h1-8,13H. The van der Waals surface area contributed by atoms with Gasteiger partial charge in [-0.05, 0) is 30.3 Å². The summed E-state index contributed by atoms with van der Waals surface area (Å²) in [5.41, 5.74) is -0.0178. The fraction of sp³-hybridized carbons (Fsp3) is 0.0667. The Morgan fingerprint density at radius 1 is 1.00 bits per heavy atom. The topological polar surface area (TPSA) is 63.6 Å². The van der Waals surface area contributed by atoms with Crippen LogP contribution in [0.3, 0.4) is 0 Å². The number of carbonyl (C=O) groups is 1. The second-order valence-electron chi connectivity index (χ2n) is 4.50. The van der Waals surface area contributed by atoms with E-state index in [9.17, 15) is 13.2 Å². The highest BCUT2D eigenvalue weighted by Gasteiger charge is 2.29. The number of amides is 1. The Hall–Kier alpha value is -1.11. The van der Waals surface area contributed by atoms with Crippen molar-refractivity contribution >= 4 is 67.2 Å². The summed E-state index contributed by atoms with van der Waals surface area (Å²) in [4.78, 5) is 14.3. The molecule has 0 aliphatic rings. The van der Waals surface area contributed by atoms with E-state index in [2.05, 4.69) is 4.99 Å². The highest BCUT2D eigenvalue weighted by molar-refractivity contribution is 8.07. The molecular weight excluding hydrogens is 416 g/mol. The lowest BCUT2D eigenvalue weighted by atomic mass is 10.2. The molecule has 0 saturated heterocycles. The molecule has 0 aromatic heterocycles. The summed E-state index contributed by atoms with van der Waals surface area (Å²) in [5.74, 6) is -0.891. The van der Waals surface area contributed by atoms with E-state index < -0.39 is 25.6 Å². The van der Waals surface area contributed by atoms with E-state index >= 15 is 0 Å². The average molecular weight is 425 g/mol. The minimum absolute atomic E-state index is 0.0178. The van der Waals surface area contributed by atoms with Crippen LogP contribution < -0.4 is 0 Å². The molecule has 0 fully saturated rings. The van der Waals surface area contributed by atoms with Gasteiger partial charge in [0.2, 0.25) is 9.84 Å². The third kappa shape index (κ3) is 4.29. The Morgan fingerprint density at radius 3 is 2.17 bits per heavy atom. The van der Waals surface area contributed by atoms with E-state index in [0.717, 1.165) is 0 Å². The Kier molecular flexibility index (Phi) is 6.28. The van der Waals surface area contributed by atoms with Crippen LogP contribution in [0.25, 0.3) is 0 Å². The van der Waals surface area contributed by atoms with Gasteiger partial charge in [0, 0.05) is 5.02 Å². The van der Waals surface area contributed by atoms with Gasteiger partial charge in [-0.2, -0.15) is 4.99 Å². The molecule has 0 aliphatic heterocycles. The smallest absolute Gasteiger partial charge is 0.267 e. The molecule has 0 N–H and O–H groups in total. The second-order valence-corrected chi connectivity index (χ2v) is 8.33. The first-order valence-corrected chi connectivity index (χ1v) is 9.51. The summed E-state index contributed by atoms with van der Waals surface area (Å²) in [5, 5.41) is -0.313. The van der Waals surface area contributed by atoms with Gasteiger partial charge in [0.15, 0.2) is 9.88 Å². The lowest BCUT2D eigenvalue weighted by Crippen LogP contribution is -2.23. The van der Waals surface area contributed by atoms with Crippen molar-refractivity contribution in [1.29, 1.82) is 0 Å². The molecule has 9 heteroatoms. The zero-order chi connectivity index (χ0) is 17.9. The van der Waals surface area contributed by atoms with Crippen molar-refractivity contribution in [2.24, 2.45) is 4.99 Å². The number of benzene rings is 2. The number of aliphatic imine (C=N–C) groups is 1. The minimum atomic E-state index is -4.13. The fourth-order valence-corrected chi connectivity index (χ4v) is 4.25. The lowest BCUT2D eigenvalue weighted by Gasteiger charge is -2.09. The molecule has 0 aliphatic carbocycles. The number of hydrogen-bond acceptors (Lipinski definition) is 3. The van der Waals surface area contributed by atoms with Crippen molar-refractivity contribution in [2.75, 3.05) is 0 Å². The third-order valence-corrected chi connectivity index (χ3v) is 5.88. The highest BCUT2D eigenvalue weighted by Crippen LogP contribution is 2.24. The van der Waals surface area contributed by atoms with E-state index in [1.54, 1.807) is 6.07 Å². The van der Waals surface area contributed by atoms with Gasteiger partial charge < -0.3 is 0 Å². The number of sulfone groups is 1. The quantitative estimate of drug-likeness (QED) is 0.403. The van der Waals surface area contributed by atoms with Crippen molar-refractivity contribution in [3.63, 3.8) is 0 Å². The third-order valence-electron chi connectivity index (χ3n) is 2.89. The molecule has 2 aromatic rings. The van der Waals surface area contributed by atoms with Crippen LogP contribution >= 0.6 is 46.4 Å². The number of hydrogen-bond donors (Lipinski definition) is 0. The largest absolute Gasteiger partial charge is 0.279 e. The summed E-state index contributed by atoms with van der Waals surface area (Å²) < 4.78 is 25.1. The molecule has 0 saturated carbocycles. The highest BCUT2D eigenvalue weighted by atomic mass is 35.5. The molecule has 24 heavy (non-hydrogen) atoms. The van der Waals surface area contributed by atoms with Crippen LogP contribution in [-0.2, 0) is 9.84 Å². The molecular formula is C15H9Cl4NO3S. The number of alkyl halides is 2. The van der Waals surface area contributed by atoms with Crippen molar-refractivity contribution in [2.45, 2.75) is 9.73 Å². The predicted molar refractivity (Wildman–Crippen MR) is 97.3 cm³/mol.